The Morgan fingerprint density at radius 3 is 2.74 bits per heavy atom. The lowest BCUT2D eigenvalue weighted by molar-refractivity contribution is -0.119. The van der Waals surface area contributed by atoms with Gasteiger partial charge in [0, 0.05) is 32.1 Å². The van der Waals surface area contributed by atoms with Gasteiger partial charge < -0.3 is 20.3 Å². The van der Waals surface area contributed by atoms with Crippen LogP contribution in [0.15, 0.2) is 42.5 Å². The number of nitriles is 1. The summed E-state index contributed by atoms with van der Waals surface area (Å²) in [6.07, 6.45) is 4.63. The van der Waals surface area contributed by atoms with Crippen molar-refractivity contribution in [1.82, 2.24) is 10.2 Å². The van der Waals surface area contributed by atoms with Crippen molar-refractivity contribution in [2.24, 2.45) is 5.92 Å². The van der Waals surface area contributed by atoms with Gasteiger partial charge in [-0.2, -0.15) is 5.26 Å². The average Bonchev–Trinajstić information content (AvgIpc) is 3.53. The second-order valence-corrected chi connectivity index (χ2v) is 11.1. The number of thiocarbonyl (C=S) groups is 1. The van der Waals surface area contributed by atoms with Crippen molar-refractivity contribution >= 4 is 40.7 Å². The second kappa shape index (κ2) is 11.2. The highest BCUT2D eigenvalue weighted by Gasteiger charge is 2.64. The molecule has 0 aromatic heterocycles. The first-order valence-electron chi connectivity index (χ1n) is 13.4. The number of hydrogen-bond donors (Lipinski definition) is 2. The maximum absolute atomic E-state index is 15.1. The molecule has 39 heavy (non-hydrogen) atoms. The molecule has 2 aromatic rings. The largest absolute Gasteiger partial charge is 0.438 e. The standard InChI is InChI=1S/C29H32FN5O3S/c1-19(36)32-26-16-29(26)18-35(28(37)38-29)24-11-8-22(25(30)15-24)7-4-20-3-2-13-34(14-12-20)27(39)33-23-9-5-21(17-31)6-10-23/h5-6,8-11,15,20,26H,2-4,7,12-14,16,18H2,1H3,(H,32,36)(H,33,39). The average molecular weight is 550 g/mol. The van der Waals surface area contributed by atoms with Crippen molar-refractivity contribution in [3.63, 3.8) is 0 Å². The van der Waals surface area contributed by atoms with Gasteiger partial charge in [-0.1, -0.05) is 6.07 Å². The molecule has 204 valence electrons. The summed E-state index contributed by atoms with van der Waals surface area (Å²) in [5.74, 6) is -0.00934. The number of aryl methyl sites for hydroxylation is 1. The van der Waals surface area contributed by atoms with E-state index < -0.39 is 11.7 Å². The van der Waals surface area contributed by atoms with Crippen molar-refractivity contribution in [2.45, 2.75) is 57.1 Å². The van der Waals surface area contributed by atoms with Gasteiger partial charge in [0.15, 0.2) is 10.7 Å². The van der Waals surface area contributed by atoms with Crippen LogP contribution in [0.1, 0.15) is 50.2 Å². The predicted octanol–water partition coefficient (Wildman–Crippen LogP) is 4.73. The highest BCUT2D eigenvalue weighted by Crippen LogP contribution is 2.46. The SMILES string of the molecule is CC(=O)NC1CC12CN(c1ccc(CCC3CCCN(C(=S)Nc4ccc(C#N)cc4)CC3)c(F)c1)C(=O)O2. The van der Waals surface area contributed by atoms with Gasteiger partial charge in [0.05, 0.1) is 29.9 Å². The molecule has 8 nitrogen and oxygen atoms in total. The number of nitrogens with one attached hydrogen (secondary N) is 2. The van der Waals surface area contributed by atoms with Crippen LogP contribution in [0, 0.1) is 23.1 Å². The van der Waals surface area contributed by atoms with Gasteiger partial charge in [-0.25, -0.2) is 9.18 Å². The van der Waals surface area contributed by atoms with Crippen LogP contribution in [-0.4, -0.2) is 53.3 Å². The zero-order valence-electron chi connectivity index (χ0n) is 21.9. The van der Waals surface area contributed by atoms with Gasteiger partial charge in [-0.15, -0.1) is 0 Å². The summed E-state index contributed by atoms with van der Waals surface area (Å²) in [4.78, 5) is 27.4. The fraction of sp³-hybridized carbons (Fsp3) is 0.448. The molecule has 2 N–H and O–H groups in total. The number of rotatable bonds is 6. The summed E-state index contributed by atoms with van der Waals surface area (Å²) in [5.41, 5.74) is 1.88. The van der Waals surface area contributed by atoms with Gasteiger partial charge in [0.25, 0.3) is 0 Å². The first kappa shape index (κ1) is 26.9. The molecule has 10 heteroatoms. The van der Waals surface area contributed by atoms with E-state index in [1.165, 1.54) is 17.9 Å². The number of ether oxygens (including phenoxy) is 1. The molecule has 1 aliphatic carbocycles. The molecule has 3 fully saturated rings. The summed E-state index contributed by atoms with van der Waals surface area (Å²) in [7, 11) is 0. The van der Waals surface area contributed by atoms with Crippen LogP contribution >= 0.6 is 12.2 Å². The Morgan fingerprint density at radius 2 is 2.03 bits per heavy atom. The number of anilines is 2. The Morgan fingerprint density at radius 1 is 1.23 bits per heavy atom. The van der Waals surface area contributed by atoms with E-state index in [4.69, 9.17) is 22.2 Å². The van der Waals surface area contributed by atoms with Gasteiger partial charge in [0.2, 0.25) is 5.91 Å². The van der Waals surface area contributed by atoms with Crippen molar-refractivity contribution in [3.05, 3.63) is 59.4 Å². The fourth-order valence-corrected chi connectivity index (χ4v) is 5.85. The van der Waals surface area contributed by atoms with E-state index in [0.29, 0.717) is 47.2 Å². The quantitative estimate of drug-likeness (QED) is 0.503. The Kier molecular flexibility index (Phi) is 7.71. The van der Waals surface area contributed by atoms with Crippen LogP contribution in [0.2, 0.25) is 0 Å². The number of nitrogens with zero attached hydrogens (tertiary/aromatic N) is 3. The van der Waals surface area contributed by atoms with E-state index in [9.17, 15) is 9.59 Å². The third kappa shape index (κ3) is 6.14. The lowest BCUT2D eigenvalue weighted by Gasteiger charge is -2.24. The van der Waals surface area contributed by atoms with Crippen LogP contribution in [-0.2, 0) is 16.0 Å². The molecule has 3 aliphatic rings. The molecule has 0 bridgehead atoms. The monoisotopic (exact) mass is 549 g/mol. The molecule has 5 rings (SSSR count). The van der Waals surface area contributed by atoms with Gasteiger partial charge in [-0.05, 0) is 92.2 Å². The minimum absolute atomic E-state index is 0.161. The molecule has 2 aliphatic heterocycles. The topological polar surface area (TPSA) is 97.7 Å². The molecule has 2 heterocycles. The maximum atomic E-state index is 15.1. The van der Waals surface area contributed by atoms with Crippen molar-refractivity contribution in [3.8, 4) is 6.07 Å². The maximum Gasteiger partial charge on any atom is 0.415 e. The molecule has 1 saturated carbocycles. The predicted molar refractivity (Wildman–Crippen MR) is 150 cm³/mol. The van der Waals surface area contributed by atoms with Crippen molar-refractivity contribution < 1.29 is 18.7 Å². The Labute approximate surface area is 233 Å². The number of carbonyl (C=O) groups excluding carboxylic acids is 2. The van der Waals surface area contributed by atoms with E-state index in [2.05, 4.69) is 21.6 Å². The van der Waals surface area contributed by atoms with E-state index in [1.54, 1.807) is 24.3 Å². The molecule has 1 spiro atoms. The summed E-state index contributed by atoms with van der Waals surface area (Å²) in [6, 6.07) is 14.1. The molecule has 2 saturated heterocycles. The van der Waals surface area contributed by atoms with Gasteiger partial charge in [0.1, 0.15) is 5.82 Å². The van der Waals surface area contributed by atoms with Crippen molar-refractivity contribution in [1.29, 1.82) is 5.26 Å². The van der Waals surface area contributed by atoms with Crippen LogP contribution < -0.4 is 15.5 Å². The molecule has 2 aromatic carbocycles. The normalized spacial score (nSPS) is 24.1. The number of likely N-dealkylation sites (tertiary alicyclic amines) is 1. The summed E-state index contributed by atoms with van der Waals surface area (Å²) in [6.45, 7) is 3.45. The highest BCUT2D eigenvalue weighted by molar-refractivity contribution is 7.80. The molecule has 0 radical (unpaired) electrons. The van der Waals surface area contributed by atoms with Crippen LogP contribution in [0.4, 0.5) is 20.6 Å². The molecule has 3 unspecified atom stereocenters. The highest BCUT2D eigenvalue weighted by atomic mass is 32.1. The van der Waals surface area contributed by atoms with Crippen LogP contribution in [0.25, 0.3) is 0 Å². The fourth-order valence-electron chi connectivity index (χ4n) is 5.55. The Balaban J connectivity index is 1.11. The third-order valence-corrected chi connectivity index (χ3v) is 8.27. The Hall–Kier alpha value is -3.71. The zero-order chi connectivity index (χ0) is 27.6. The summed E-state index contributed by atoms with van der Waals surface area (Å²) in [5, 5.41) is 15.7. The molecular formula is C29H32FN5O3S. The summed E-state index contributed by atoms with van der Waals surface area (Å²) < 4.78 is 20.6. The number of carbonyl (C=O) groups is 2. The molecular weight excluding hydrogens is 517 g/mol. The number of hydrogen-bond acceptors (Lipinski definition) is 5. The van der Waals surface area contributed by atoms with E-state index in [-0.39, 0.29) is 17.8 Å². The Bertz CT molecular complexity index is 1310. The molecule has 3 atom stereocenters. The lowest BCUT2D eigenvalue weighted by atomic mass is 9.93. The lowest BCUT2D eigenvalue weighted by Crippen LogP contribution is -2.35. The smallest absolute Gasteiger partial charge is 0.415 e. The third-order valence-electron chi connectivity index (χ3n) is 7.91. The second-order valence-electron chi connectivity index (χ2n) is 10.7. The molecule has 2 amide bonds. The van der Waals surface area contributed by atoms with Crippen LogP contribution in [0.3, 0.4) is 0 Å². The van der Waals surface area contributed by atoms with E-state index in [1.807, 2.05) is 12.1 Å². The van der Waals surface area contributed by atoms with E-state index >= 15 is 4.39 Å². The van der Waals surface area contributed by atoms with Crippen molar-refractivity contribution in [2.75, 3.05) is 29.9 Å². The first-order valence-corrected chi connectivity index (χ1v) is 13.8. The number of benzene rings is 2. The van der Waals surface area contributed by atoms with Gasteiger partial charge in [-0.3, -0.25) is 9.69 Å². The minimum Gasteiger partial charge on any atom is -0.438 e. The number of halogens is 1. The van der Waals surface area contributed by atoms with E-state index in [0.717, 1.165) is 44.5 Å². The number of amides is 2. The van der Waals surface area contributed by atoms with Crippen LogP contribution in [0.5, 0.6) is 0 Å². The minimum atomic E-state index is -0.703. The first-order chi connectivity index (χ1) is 18.8. The van der Waals surface area contributed by atoms with Gasteiger partial charge >= 0.3 is 6.09 Å². The summed E-state index contributed by atoms with van der Waals surface area (Å²) >= 11 is 5.63. The zero-order valence-corrected chi connectivity index (χ0v) is 22.7.